The number of benzene rings is 2. The fourth-order valence-electron chi connectivity index (χ4n) is 2.73. The Morgan fingerprint density at radius 3 is 2.38 bits per heavy atom. The van der Waals surface area contributed by atoms with Crippen LogP contribution in [0.1, 0.15) is 0 Å². The van der Waals surface area contributed by atoms with Gasteiger partial charge >= 0.3 is 0 Å². The quantitative estimate of drug-likeness (QED) is 0.810. The Bertz CT molecular complexity index is 762. The van der Waals surface area contributed by atoms with Gasteiger partial charge in [0.25, 0.3) is 0 Å². The Hall–Kier alpha value is -2.12. The molecule has 2 aromatic carbocycles. The van der Waals surface area contributed by atoms with Gasteiger partial charge in [-0.25, -0.2) is 8.78 Å². The minimum absolute atomic E-state index is 0.130. The lowest BCUT2D eigenvalue weighted by Gasteiger charge is -2.34. The number of hydrogen-bond donors (Lipinski definition) is 1. The standard InChI is InChI=1S/C19H21F2N3OS/c1-23-8-10-24(11-9-23)15-4-2-14(3-5-15)22-19(25)13-26-16-6-7-17(20)18(21)12-16/h2-7,12H,8-11,13H2,1H3,(H,22,25). The highest BCUT2D eigenvalue weighted by Gasteiger charge is 2.14. The molecule has 0 aliphatic carbocycles. The summed E-state index contributed by atoms with van der Waals surface area (Å²) in [6.45, 7) is 4.07. The molecule has 0 unspecified atom stereocenters. The van der Waals surface area contributed by atoms with Crippen LogP contribution in [0.3, 0.4) is 0 Å². The van der Waals surface area contributed by atoms with Crippen molar-refractivity contribution in [2.24, 2.45) is 0 Å². The topological polar surface area (TPSA) is 35.6 Å². The maximum atomic E-state index is 13.2. The van der Waals surface area contributed by atoms with Crippen molar-refractivity contribution >= 4 is 29.0 Å². The molecule has 0 saturated carbocycles. The molecule has 3 rings (SSSR count). The van der Waals surface area contributed by atoms with Crippen LogP contribution in [-0.2, 0) is 4.79 Å². The third-order valence-corrected chi connectivity index (χ3v) is 5.27. The molecule has 26 heavy (non-hydrogen) atoms. The number of nitrogens with zero attached hydrogens (tertiary/aromatic N) is 2. The van der Waals surface area contributed by atoms with E-state index in [1.807, 2.05) is 24.3 Å². The van der Waals surface area contributed by atoms with Crippen LogP contribution < -0.4 is 10.2 Å². The first-order valence-corrected chi connectivity index (χ1v) is 9.41. The Morgan fingerprint density at radius 1 is 1.04 bits per heavy atom. The molecule has 4 nitrogen and oxygen atoms in total. The van der Waals surface area contributed by atoms with Crippen molar-refractivity contribution in [2.75, 3.05) is 49.2 Å². The molecule has 0 radical (unpaired) electrons. The zero-order chi connectivity index (χ0) is 18.5. The van der Waals surface area contributed by atoms with Crippen LogP contribution in [0.25, 0.3) is 0 Å². The van der Waals surface area contributed by atoms with Gasteiger partial charge in [-0.3, -0.25) is 4.79 Å². The maximum Gasteiger partial charge on any atom is 0.234 e. The molecule has 0 bridgehead atoms. The summed E-state index contributed by atoms with van der Waals surface area (Å²) < 4.78 is 26.1. The van der Waals surface area contributed by atoms with E-state index in [0.29, 0.717) is 4.90 Å². The number of halogens is 2. The molecule has 138 valence electrons. The average Bonchev–Trinajstić information content (AvgIpc) is 2.64. The number of likely N-dealkylation sites (N-methyl/N-ethyl adjacent to an activating group) is 1. The van der Waals surface area contributed by atoms with Crippen LogP contribution in [0.2, 0.25) is 0 Å². The first kappa shape index (κ1) is 18.7. The van der Waals surface area contributed by atoms with Crippen molar-refractivity contribution in [3.8, 4) is 0 Å². The predicted octanol–water partition coefficient (Wildman–Crippen LogP) is 3.45. The highest BCUT2D eigenvalue weighted by atomic mass is 32.2. The van der Waals surface area contributed by atoms with E-state index in [4.69, 9.17) is 0 Å². The number of carbonyl (C=O) groups is 1. The first-order valence-electron chi connectivity index (χ1n) is 8.42. The Labute approximate surface area is 156 Å². The van der Waals surface area contributed by atoms with Crippen molar-refractivity contribution in [1.82, 2.24) is 4.90 Å². The summed E-state index contributed by atoms with van der Waals surface area (Å²) in [5, 5.41) is 2.82. The molecule has 1 aliphatic heterocycles. The normalized spacial score (nSPS) is 15.1. The second-order valence-corrected chi connectivity index (χ2v) is 7.30. The minimum Gasteiger partial charge on any atom is -0.369 e. The number of hydrogen-bond acceptors (Lipinski definition) is 4. The molecule has 1 heterocycles. The third-order valence-electron chi connectivity index (χ3n) is 4.28. The molecule has 1 N–H and O–H groups in total. The van der Waals surface area contributed by atoms with Gasteiger partial charge in [0.2, 0.25) is 5.91 Å². The summed E-state index contributed by atoms with van der Waals surface area (Å²) in [4.78, 5) is 17.2. The Morgan fingerprint density at radius 2 is 1.73 bits per heavy atom. The number of amides is 1. The first-order chi connectivity index (χ1) is 12.5. The highest BCUT2D eigenvalue weighted by molar-refractivity contribution is 8.00. The summed E-state index contributed by atoms with van der Waals surface area (Å²) in [6, 6.07) is 11.4. The Balaban J connectivity index is 1.50. The second-order valence-electron chi connectivity index (χ2n) is 6.25. The van der Waals surface area contributed by atoms with E-state index in [1.165, 1.54) is 17.8 Å². The third kappa shape index (κ3) is 4.95. The molecule has 7 heteroatoms. The van der Waals surface area contributed by atoms with Gasteiger partial charge in [-0.05, 0) is 49.5 Å². The van der Waals surface area contributed by atoms with Gasteiger partial charge in [0, 0.05) is 42.4 Å². The molecule has 1 amide bonds. The van der Waals surface area contributed by atoms with Crippen molar-refractivity contribution in [2.45, 2.75) is 4.90 Å². The molecular formula is C19H21F2N3OS. The molecule has 0 aromatic heterocycles. The minimum atomic E-state index is -0.907. The summed E-state index contributed by atoms with van der Waals surface area (Å²) >= 11 is 1.17. The lowest BCUT2D eigenvalue weighted by molar-refractivity contribution is -0.113. The average molecular weight is 377 g/mol. The van der Waals surface area contributed by atoms with Gasteiger partial charge in [-0.1, -0.05) is 0 Å². The van der Waals surface area contributed by atoms with Crippen LogP contribution in [0.4, 0.5) is 20.2 Å². The predicted molar refractivity (Wildman–Crippen MR) is 102 cm³/mol. The van der Waals surface area contributed by atoms with E-state index in [0.717, 1.165) is 49.7 Å². The van der Waals surface area contributed by atoms with Crippen molar-refractivity contribution in [3.05, 3.63) is 54.1 Å². The van der Waals surface area contributed by atoms with E-state index < -0.39 is 11.6 Å². The lowest BCUT2D eigenvalue weighted by atomic mass is 10.2. The maximum absolute atomic E-state index is 13.2. The van der Waals surface area contributed by atoms with Gasteiger partial charge in [-0.15, -0.1) is 11.8 Å². The SMILES string of the molecule is CN1CCN(c2ccc(NC(=O)CSc3ccc(F)c(F)c3)cc2)CC1. The monoisotopic (exact) mass is 377 g/mol. The molecule has 0 spiro atoms. The number of anilines is 2. The summed E-state index contributed by atoms with van der Waals surface area (Å²) in [5.41, 5.74) is 1.87. The smallest absolute Gasteiger partial charge is 0.234 e. The molecule has 1 saturated heterocycles. The molecule has 0 atom stereocenters. The van der Waals surface area contributed by atoms with Gasteiger partial charge in [0.05, 0.1) is 5.75 Å². The molecule has 1 fully saturated rings. The van der Waals surface area contributed by atoms with Crippen LogP contribution in [0.5, 0.6) is 0 Å². The zero-order valence-corrected chi connectivity index (χ0v) is 15.4. The van der Waals surface area contributed by atoms with Gasteiger partial charge in [0.1, 0.15) is 0 Å². The lowest BCUT2D eigenvalue weighted by Crippen LogP contribution is -2.44. The highest BCUT2D eigenvalue weighted by Crippen LogP contribution is 2.22. The number of carbonyl (C=O) groups excluding carboxylic acids is 1. The number of rotatable bonds is 5. The number of thioether (sulfide) groups is 1. The number of piperazine rings is 1. The van der Waals surface area contributed by atoms with Crippen LogP contribution >= 0.6 is 11.8 Å². The second kappa shape index (κ2) is 8.51. The molecule has 2 aromatic rings. The van der Waals surface area contributed by atoms with Gasteiger partial charge in [-0.2, -0.15) is 0 Å². The van der Waals surface area contributed by atoms with Crippen LogP contribution in [0.15, 0.2) is 47.4 Å². The van der Waals surface area contributed by atoms with Crippen molar-refractivity contribution in [1.29, 1.82) is 0 Å². The number of nitrogens with one attached hydrogen (secondary N) is 1. The van der Waals surface area contributed by atoms with E-state index in [-0.39, 0.29) is 11.7 Å². The van der Waals surface area contributed by atoms with Crippen molar-refractivity contribution < 1.29 is 13.6 Å². The summed E-state index contributed by atoms with van der Waals surface area (Å²) in [5.74, 6) is -1.85. The molecular weight excluding hydrogens is 356 g/mol. The Kier molecular flexibility index (Phi) is 6.11. The van der Waals surface area contributed by atoms with Gasteiger partial charge in [0.15, 0.2) is 11.6 Å². The van der Waals surface area contributed by atoms with Crippen LogP contribution in [0, 0.1) is 11.6 Å². The van der Waals surface area contributed by atoms with Crippen LogP contribution in [-0.4, -0.2) is 49.8 Å². The van der Waals surface area contributed by atoms with E-state index >= 15 is 0 Å². The molecule has 1 aliphatic rings. The fourth-order valence-corrected chi connectivity index (χ4v) is 3.45. The summed E-state index contributed by atoms with van der Waals surface area (Å²) in [7, 11) is 2.12. The van der Waals surface area contributed by atoms with Crippen molar-refractivity contribution in [3.63, 3.8) is 0 Å². The summed E-state index contributed by atoms with van der Waals surface area (Å²) in [6.07, 6.45) is 0. The fraction of sp³-hybridized carbons (Fsp3) is 0.316. The van der Waals surface area contributed by atoms with E-state index in [2.05, 4.69) is 22.2 Å². The largest absolute Gasteiger partial charge is 0.369 e. The van der Waals surface area contributed by atoms with E-state index in [9.17, 15) is 13.6 Å². The van der Waals surface area contributed by atoms with Gasteiger partial charge < -0.3 is 15.1 Å². The zero-order valence-electron chi connectivity index (χ0n) is 14.5. The van der Waals surface area contributed by atoms with E-state index in [1.54, 1.807) is 0 Å².